The van der Waals surface area contributed by atoms with E-state index in [0.29, 0.717) is 23.2 Å². The molecule has 3 heterocycles. The normalized spacial score (nSPS) is 14.2. The number of alkyl halides is 3. The SMILES string of the molecule is CCN(C)Cc1cc2cc(CC(O)(CC(C)(C)c3cc(-c4cncnc4)ccc3O)C(F)(F)F)[nH]c2cn1. The molecule has 4 aromatic rings. The van der Waals surface area contributed by atoms with E-state index >= 15 is 0 Å². The summed E-state index contributed by atoms with van der Waals surface area (Å²) in [4.78, 5) is 17.4. The number of nitrogens with zero attached hydrogens (tertiary/aromatic N) is 4. The lowest BCUT2D eigenvalue weighted by atomic mass is 9.72. The summed E-state index contributed by atoms with van der Waals surface area (Å²) in [5.74, 6) is -0.151. The number of phenolic OH excluding ortho intramolecular Hbond substituents is 1. The minimum absolute atomic E-state index is 0.151. The molecule has 4 rings (SSSR count). The van der Waals surface area contributed by atoms with Gasteiger partial charge in [0.05, 0.1) is 17.4 Å². The number of pyridine rings is 1. The van der Waals surface area contributed by atoms with Gasteiger partial charge in [-0.1, -0.05) is 26.8 Å². The van der Waals surface area contributed by atoms with E-state index in [9.17, 15) is 23.4 Å². The maximum Gasteiger partial charge on any atom is 0.417 e. The fourth-order valence-corrected chi connectivity index (χ4v) is 4.82. The van der Waals surface area contributed by atoms with E-state index in [4.69, 9.17) is 0 Å². The van der Waals surface area contributed by atoms with E-state index in [1.54, 1.807) is 50.6 Å². The van der Waals surface area contributed by atoms with Gasteiger partial charge < -0.3 is 20.1 Å². The van der Waals surface area contributed by atoms with E-state index < -0.39 is 30.0 Å². The molecule has 0 radical (unpaired) electrons. The van der Waals surface area contributed by atoms with Crippen LogP contribution in [0.4, 0.5) is 13.2 Å². The zero-order chi connectivity index (χ0) is 27.7. The predicted molar refractivity (Wildman–Crippen MR) is 140 cm³/mol. The molecule has 0 aliphatic carbocycles. The monoisotopic (exact) mass is 527 g/mol. The second-order valence-corrected chi connectivity index (χ2v) is 10.5. The highest BCUT2D eigenvalue weighted by Crippen LogP contribution is 2.45. The van der Waals surface area contributed by atoms with Crippen LogP contribution in [0.15, 0.2) is 55.2 Å². The Bertz CT molecular complexity index is 1400. The molecular formula is C28H32F3N5O2. The molecular weight excluding hydrogens is 495 g/mol. The van der Waals surface area contributed by atoms with E-state index in [1.165, 1.54) is 12.4 Å². The Morgan fingerprint density at radius 3 is 2.37 bits per heavy atom. The third kappa shape index (κ3) is 5.81. The zero-order valence-electron chi connectivity index (χ0n) is 21.8. The van der Waals surface area contributed by atoms with E-state index in [1.807, 2.05) is 20.0 Å². The number of aromatic amines is 1. The summed E-state index contributed by atoms with van der Waals surface area (Å²) < 4.78 is 43.3. The fourth-order valence-electron chi connectivity index (χ4n) is 4.82. The molecule has 202 valence electrons. The first kappa shape index (κ1) is 27.5. The number of hydrogen-bond acceptors (Lipinski definition) is 6. The Balaban J connectivity index is 1.65. The van der Waals surface area contributed by atoms with Gasteiger partial charge >= 0.3 is 6.18 Å². The molecule has 0 fully saturated rings. The zero-order valence-corrected chi connectivity index (χ0v) is 21.8. The molecule has 1 atom stereocenters. The quantitative estimate of drug-likeness (QED) is 0.270. The Labute approximate surface area is 219 Å². The predicted octanol–water partition coefficient (Wildman–Crippen LogP) is 5.38. The first-order chi connectivity index (χ1) is 17.8. The van der Waals surface area contributed by atoms with Crippen LogP contribution >= 0.6 is 0 Å². The number of aliphatic hydroxyl groups is 1. The molecule has 0 aliphatic rings. The average Bonchev–Trinajstić information content (AvgIpc) is 3.24. The standard InChI is InChI=1S/C28H32F3N5O2/c1-5-36(4)15-22-9-19-8-21(35-24(19)14-34-22)11-27(38,28(29,30)31)16-26(2,3)23-10-18(6-7-25(23)37)20-12-32-17-33-13-20/h6-10,12-14,17,35,37-38H,5,11,15-16H2,1-4H3. The average molecular weight is 528 g/mol. The number of fused-ring (bicyclic) bond motifs is 1. The van der Waals surface area contributed by atoms with Crippen LogP contribution in [-0.2, 0) is 18.4 Å². The smallest absolute Gasteiger partial charge is 0.417 e. The molecule has 0 saturated carbocycles. The van der Waals surface area contributed by atoms with Crippen molar-refractivity contribution in [2.45, 2.75) is 57.3 Å². The minimum atomic E-state index is -4.92. The van der Waals surface area contributed by atoms with Crippen LogP contribution in [-0.4, -0.2) is 60.4 Å². The Hall–Kier alpha value is -3.50. The van der Waals surface area contributed by atoms with Crippen molar-refractivity contribution in [2.24, 2.45) is 0 Å². The van der Waals surface area contributed by atoms with Gasteiger partial charge in [-0.2, -0.15) is 13.2 Å². The Morgan fingerprint density at radius 1 is 1.00 bits per heavy atom. The highest BCUT2D eigenvalue weighted by molar-refractivity contribution is 5.80. The van der Waals surface area contributed by atoms with Crippen LogP contribution in [0.3, 0.4) is 0 Å². The summed E-state index contributed by atoms with van der Waals surface area (Å²) in [5, 5.41) is 22.5. The highest BCUT2D eigenvalue weighted by Gasteiger charge is 2.56. The second-order valence-electron chi connectivity index (χ2n) is 10.5. The highest BCUT2D eigenvalue weighted by atomic mass is 19.4. The lowest BCUT2D eigenvalue weighted by molar-refractivity contribution is -0.266. The molecule has 0 spiro atoms. The van der Waals surface area contributed by atoms with Gasteiger partial charge in [-0.05, 0) is 55.3 Å². The number of H-pyrrole nitrogens is 1. The van der Waals surface area contributed by atoms with E-state index in [-0.39, 0.29) is 17.0 Å². The van der Waals surface area contributed by atoms with Gasteiger partial charge in [-0.25, -0.2) is 9.97 Å². The van der Waals surface area contributed by atoms with Crippen LogP contribution in [0.25, 0.3) is 22.0 Å². The van der Waals surface area contributed by atoms with Crippen molar-refractivity contribution in [3.8, 4) is 16.9 Å². The van der Waals surface area contributed by atoms with E-state index in [0.717, 1.165) is 17.6 Å². The van der Waals surface area contributed by atoms with Crippen LogP contribution in [0.1, 0.15) is 44.1 Å². The third-order valence-corrected chi connectivity index (χ3v) is 6.95. The van der Waals surface area contributed by atoms with Crippen molar-refractivity contribution < 1.29 is 23.4 Å². The van der Waals surface area contributed by atoms with Gasteiger partial charge in [0.2, 0.25) is 0 Å². The number of phenols is 1. The second kappa shape index (κ2) is 10.3. The molecule has 10 heteroatoms. The van der Waals surface area contributed by atoms with Crippen molar-refractivity contribution in [2.75, 3.05) is 13.6 Å². The minimum Gasteiger partial charge on any atom is -0.508 e. The van der Waals surface area contributed by atoms with Gasteiger partial charge in [-0.15, -0.1) is 0 Å². The summed E-state index contributed by atoms with van der Waals surface area (Å²) in [6.07, 6.45) is -0.127. The van der Waals surface area contributed by atoms with Crippen molar-refractivity contribution in [1.82, 2.24) is 24.8 Å². The number of aromatic hydroxyl groups is 1. The molecule has 0 saturated heterocycles. The topological polar surface area (TPSA) is 98.2 Å². The number of hydrogen-bond donors (Lipinski definition) is 3. The maximum absolute atomic E-state index is 14.4. The van der Waals surface area contributed by atoms with Crippen molar-refractivity contribution >= 4 is 10.9 Å². The molecule has 1 unspecified atom stereocenters. The molecule has 0 bridgehead atoms. The van der Waals surface area contributed by atoms with Crippen LogP contribution < -0.4 is 0 Å². The number of benzene rings is 1. The third-order valence-electron chi connectivity index (χ3n) is 6.95. The van der Waals surface area contributed by atoms with Gasteiger partial charge in [0.1, 0.15) is 12.1 Å². The molecule has 0 amide bonds. The van der Waals surface area contributed by atoms with Gasteiger partial charge in [0.15, 0.2) is 5.60 Å². The fraction of sp³-hybridized carbons (Fsp3) is 0.393. The maximum atomic E-state index is 14.4. The molecule has 3 aromatic heterocycles. The van der Waals surface area contributed by atoms with Crippen molar-refractivity contribution in [1.29, 1.82) is 0 Å². The Kier molecular flexibility index (Phi) is 7.49. The van der Waals surface area contributed by atoms with Crippen molar-refractivity contribution in [3.63, 3.8) is 0 Å². The van der Waals surface area contributed by atoms with Crippen LogP contribution in [0.2, 0.25) is 0 Å². The summed E-state index contributed by atoms with van der Waals surface area (Å²) in [6.45, 7) is 6.64. The van der Waals surface area contributed by atoms with Crippen molar-refractivity contribution in [3.05, 3.63) is 72.2 Å². The van der Waals surface area contributed by atoms with Gasteiger partial charge in [0, 0.05) is 47.6 Å². The lowest BCUT2D eigenvalue weighted by Gasteiger charge is -2.38. The largest absolute Gasteiger partial charge is 0.508 e. The molecule has 38 heavy (non-hydrogen) atoms. The van der Waals surface area contributed by atoms with E-state index in [2.05, 4.69) is 24.8 Å². The van der Waals surface area contributed by atoms with Crippen LogP contribution in [0, 0.1) is 0 Å². The summed E-state index contributed by atoms with van der Waals surface area (Å²) in [5.41, 5.74) is -1.06. The van der Waals surface area contributed by atoms with Crippen LogP contribution in [0.5, 0.6) is 5.75 Å². The summed E-state index contributed by atoms with van der Waals surface area (Å²) in [7, 11) is 1.96. The summed E-state index contributed by atoms with van der Waals surface area (Å²) >= 11 is 0. The molecule has 1 aromatic carbocycles. The molecule has 0 aliphatic heterocycles. The van der Waals surface area contributed by atoms with Gasteiger partial charge in [0.25, 0.3) is 0 Å². The Morgan fingerprint density at radius 2 is 1.71 bits per heavy atom. The molecule has 3 N–H and O–H groups in total. The number of aromatic nitrogens is 4. The number of halogens is 3. The first-order valence-electron chi connectivity index (χ1n) is 12.3. The number of rotatable bonds is 9. The number of nitrogens with one attached hydrogen (secondary N) is 1. The molecule has 7 nitrogen and oxygen atoms in total. The first-order valence-corrected chi connectivity index (χ1v) is 12.3. The lowest BCUT2D eigenvalue weighted by Crippen LogP contribution is -2.50. The summed E-state index contributed by atoms with van der Waals surface area (Å²) in [6, 6.07) is 8.17. The van der Waals surface area contributed by atoms with Gasteiger partial charge in [-0.3, -0.25) is 4.98 Å².